The molecule has 2 heterocycles. The fraction of sp³-hybridized carbons (Fsp3) is 0.211. The highest BCUT2D eigenvalue weighted by Crippen LogP contribution is 2.54. The van der Waals surface area contributed by atoms with E-state index in [-0.39, 0.29) is 0 Å². The predicted octanol–water partition coefficient (Wildman–Crippen LogP) is 22.4. The molecule has 0 bridgehead atoms. The smallest absolute Gasteiger partial charge is 0.416 e. The molecule has 2 aromatic heterocycles. The van der Waals surface area contributed by atoms with Gasteiger partial charge in [-0.05, 0) is 202 Å². The van der Waals surface area contributed by atoms with Gasteiger partial charge in [-0.15, -0.1) is 0 Å². The lowest BCUT2D eigenvalue weighted by Gasteiger charge is -2.27. The number of alkyl halides is 6. The minimum atomic E-state index is -4.50. The summed E-state index contributed by atoms with van der Waals surface area (Å²) in [5.41, 5.74) is 12.2. The molecule has 2 fully saturated rings. The second-order valence-corrected chi connectivity index (χ2v) is 23.2. The van der Waals surface area contributed by atoms with Crippen LogP contribution in [0.25, 0.3) is 76.5 Å². The zero-order valence-electron chi connectivity index (χ0n) is 44.6. The van der Waals surface area contributed by atoms with E-state index in [4.69, 9.17) is 8.83 Å². The van der Waals surface area contributed by atoms with Crippen molar-refractivity contribution in [3.63, 3.8) is 0 Å². The first kappa shape index (κ1) is 49.5. The first-order valence-electron chi connectivity index (χ1n) is 28.2. The molecule has 0 atom stereocenters. The van der Waals surface area contributed by atoms with E-state index >= 15 is 0 Å². The summed E-state index contributed by atoms with van der Waals surface area (Å²) in [5, 5.41) is 7.89. The molecule has 81 heavy (non-hydrogen) atoms. The van der Waals surface area contributed by atoms with Gasteiger partial charge in [-0.1, -0.05) is 112 Å². The summed E-state index contributed by atoms with van der Waals surface area (Å²) in [5.74, 6) is 0.821. The molecule has 12 aromatic rings. The van der Waals surface area contributed by atoms with Gasteiger partial charge >= 0.3 is 12.4 Å². The first-order valence-corrected chi connectivity index (χ1v) is 28.2. The molecule has 10 aromatic carbocycles. The summed E-state index contributed by atoms with van der Waals surface area (Å²) >= 11 is 0. The Morgan fingerprint density at radius 1 is 0.383 bits per heavy atom. The Balaban J connectivity index is 0.843. The highest BCUT2D eigenvalue weighted by atomic mass is 19.4. The Bertz CT molecular complexity index is 4210. The van der Waals surface area contributed by atoms with Gasteiger partial charge in [0, 0.05) is 49.7 Å². The van der Waals surface area contributed by atoms with Crippen molar-refractivity contribution in [1.29, 1.82) is 0 Å². The second kappa shape index (κ2) is 18.3. The largest absolute Gasteiger partial charge is 0.454 e. The molecule has 3 aliphatic rings. The van der Waals surface area contributed by atoms with Crippen LogP contribution < -0.4 is 9.80 Å². The SMILES string of the molecule is CC1(C)c2cc3cc(N(c4ccc(C(F)(F)F)cc4)c4cccc5c4oc4c(C6CCCC6)cccc45)ccc3cc2-c2cc3ccc(N(c4ccc(C(F)(F)F)cc4)c4cccc5c4oc4c(C6CCCC6)cccc45)cc3cc21. The number of anilines is 6. The number of rotatable bonds is 8. The lowest BCUT2D eigenvalue weighted by atomic mass is 9.81. The lowest BCUT2D eigenvalue weighted by Crippen LogP contribution is -2.15. The van der Waals surface area contributed by atoms with Crippen LogP contribution in [-0.2, 0) is 17.8 Å². The van der Waals surface area contributed by atoms with Crippen molar-refractivity contribution in [1.82, 2.24) is 0 Å². The molecule has 3 aliphatic carbocycles. The van der Waals surface area contributed by atoms with Gasteiger partial charge in [-0.2, -0.15) is 26.3 Å². The van der Waals surface area contributed by atoms with Crippen molar-refractivity contribution >= 4 is 99.5 Å². The van der Waals surface area contributed by atoms with Crippen LogP contribution >= 0.6 is 0 Å². The van der Waals surface area contributed by atoms with Gasteiger partial charge in [0.2, 0.25) is 0 Å². The fourth-order valence-electron chi connectivity index (χ4n) is 14.0. The van der Waals surface area contributed by atoms with Crippen molar-refractivity contribution in [3.05, 3.63) is 215 Å². The van der Waals surface area contributed by atoms with Crippen LogP contribution in [-0.4, -0.2) is 0 Å². The quantitative estimate of drug-likeness (QED) is 0.142. The first-order chi connectivity index (χ1) is 39.2. The van der Waals surface area contributed by atoms with Crippen LogP contribution in [0.1, 0.15) is 110 Å². The monoisotopic (exact) mass is 1080 g/mol. The summed E-state index contributed by atoms with van der Waals surface area (Å²) in [6.45, 7) is 4.46. The maximum atomic E-state index is 14.1. The summed E-state index contributed by atoms with van der Waals surface area (Å²) in [7, 11) is 0. The second-order valence-electron chi connectivity index (χ2n) is 23.2. The van der Waals surface area contributed by atoms with Crippen molar-refractivity contribution < 1.29 is 35.2 Å². The third-order valence-corrected chi connectivity index (χ3v) is 18.1. The Kier molecular flexibility index (Phi) is 11.2. The van der Waals surface area contributed by atoms with Crippen molar-refractivity contribution in [2.75, 3.05) is 9.80 Å². The number of nitrogens with zero attached hydrogens (tertiary/aromatic N) is 2. The van der Waals surface area contributed by atoms with E-state index in [2.05, 4.69) is 111 Å². The molecule has 15 rings (SSSR count). The molecule has 0 amide bonds. The van der Waals surface area contributed by atoms with Gasteiger partial charge in [-0.25, -0.2) is 0 Å². The molecule has 0 spiro atoms. The average molecular weight is 1080 g/mol. The Morgan fingerprint density at radius 2 is 0.741 bits per heavy atom. The molecule has 0 unspecified atom stereocenters. The number of fused-ring (bicyclic) bond motifs is 11. The Hall–Kier alpha value is -8.50. The number of furan rings is 2. The van der Waals surface area contributed by atoms with Crippen LogP contribution in [0.15, 0.2) is 191 Å². The molecular formula is C71H54F6N2O2. The zero-order valence-corrected chi connectivity index (χ0v) is 44.6. The molecule has 0 N–H and O–H groups in total. The Morgan fingerprint density at radius 3 is 1.12 bits per heavy atom. The number of para-hydroxylation sites is 4. The highest BCUT2D eigenvalue weighted by molar-refractivity contribution is 6.13. The van der Waals surface area contributed by atoms with Crippen molar-refractivity contribution in [3.8, 4) is 11.1 Å². The summed E-state index contributed by atoms with van der Waals surface area (Å²) in [4.78, 5) is 4.01. The molecule has 10 heteroatoms. The number of halogens is 6. The fourth-order valence-corrected chi connectivity index (χ4v) is 14.0. The molecule has 402 valence electrons. The summed E-state index contributed by atoms with van der Waals surface area (Å²) in [6.07, 6.45) is 0.160. The molecule has 2 saturated carbocycles. The number of benzene rings is 10. The van der Waals surface area contributed by atoms with Crippen molar-refractivity contribution in [2.45, 2.75) is 94.8 Å². The maximum Gasteiger partial charge on any atom is 0.416 e. The van der Waals surface area contributed by atoms with Gasteiger partial charge < -0.3 is 18.6 Å². The number of hydrogen-bond acceptors (Lipinski definition) is 4. The minimum absolute atomic E-state index is 0.410. The van der Waals surface area contributed by atoms with E-state index in [0.29, 0.717) is 34.4 Å². The third-order valence-electron chi connectivity index (χ3n) is 18.1. The van der Waals surface area contributed by atoms with Crippen LogP contribution in [0.4, 0.5) is 60.5 Å². The molecule has 0 aliphatic heterocycles. The molecular weight excluding hydrogens is 1030 g/mol. The standard InChI is InChI=1S/C71H54F6N2O2/c1-69(2)61-39-45-35-51(78(49-31-25-47(26-32-49)70(72,73)74)63-21-9-19-57-55-17-7-15-53(41-11-3-4-12-41)65(55)80-67(57)63)29-23-43(45)37-59(61)60-38-44-24-30-52(36-46(44)40-62(60)69)79(50-33-27-48(28-34-50)71(75,76)77)64-22-10-20-58-56-18-8-16-54(42-13-5-6-14-42)66(56)81-68(58)64/h7-10,15-42H,3-6,11-14H2,1-2H3. The summed E-state index contributed by atoms with van der Waals surface area (Å²) < 4.78 is 98.3. The lowest BCUT2D eigenvalue weighted by molar-refractivity contribution is -0.138. The summed E-state index contributed by atoms with van der Waals surface area (Å²) in [6, 6.07) is 57.0. The van der Waals surface area contributed by atoms with Crippen LogP contribution in [0.3, 0.4) is 0 Å². The predicted molar refractivity (Wildman–Crippen MR) is 315 cm³/mol. The van der Waals surface area contributed by atoms with E-state index in [1.807, 2.05) is 46.2 Å². The topological polar surface area (TPSA) is 32.8 Å². The molecule has 0 radical (unpaired) electrons. The maximum absolute atomic E-state index is 14.1. The van der Waals surface area contributed by atoms with Gasteiger partial charge in [0.25, 0.3) is 0 Å². The minimum Gasteiger partial charge on any atom is -0.454 e. The van der Waals surface area contributed by atoms with Gasteiger partial charge in [0.05, 0.1) is 22.5 Å². The van der Waals surface area contributed by atoms with E-state index < -0.39 is 28.9 Å². The van der Waals surface area contributed by atoms with E-state index in [1.165, 1.54) is 61.1 Å². The van der Waals surface area contributed by atoms with Crippen LogP contribution in [0, 0.1) is 0 Å². The zero-order chi connectivity index (χ0) is 55.1. The van der Waals surface area contributed by atoms with E-state index in [1.54, 1.807) is 0 Å². The molecule has 0 saturated heterocycles. The Labute approximate surface area is 463 Å². The van der Waals surface area contributed by atoms with Crippen LogP contribution in [0.2, 0.25) is 0 Å². The van der Waals surface area contributed by atoms with Crippen molar-refractivity contribution in [2.24, 2.45) is 0 Å². The normalized spacial score (nSPS) is 15.8. The van der Waals surface area contributed by atoms with E-state index in [0.717, 1.165) is 149 Å². The van der Waals surface area contributed by atoms with Gasteiger partial charge in [-0.3, -0.25) is 0 Å². The number of hydrogen-bond donors (Lipinski definition) is 0. The van der Waals surface area contributed by atoms with Gasteiger partial charge in [0.1, 0.15) is 11.2 Å². The van der Waals surface area contributed by atoms with E-state index in [9.17, 15) is 26.3 Å². The van der Waals surface area contributed by atoms with Gasteiger partial charge in [0.15, 0.2) is 11.2 Å². The highest BCUT2D eigenvalue weighted by Gasteiger charge is 2.37. The average Bonchev–Trinajstić information content (AvgIpc) is 4.46. The van der Waals surface area contributed by atoms with Crippen LogP contribution in [0.5, 0.6) is 0 Å². The third kappa shape index (κ3) is 8.02. The molecule has 4 nitrogen and oxygen atoms in total.